The molecule has 0 saturated carbocycles. The van der Waals surface area contributed by atoms with Crippen molar-refractivity contribution in [2.24, 2.45) is 0 Å². The number of rotatable bonds is 5. The maximum atomic E-state index is 3.70. The third kappa shape index (κ3) is 4.56. The van der Waals surface area contributed by atoms with Gasteiger partial charge in [-0.1, -0.05) is 134 Å². The Balaban J connectivity index is 1.19. The van der Waals surface area contributed by atoms with Gasteiger partial charge < -0.3 is 10.2 Å². The van der Waals surface area contributed by atoms with Crippen molar-refractivity contribution in [1.29, 1.82) is 0 Å². The van der Waals surface area contributed by atoms with Crippen LogP contribution in [-0.2, 0) is 0 Å². The molecule has 0 saturated heterocycles. The topological polar surface area (TPSA) is 15.3 Å². The molecular formula is C45H34N2. The maximum absolute atomic E-state index is 3.70. The SMILES string of the molecule is CCC1Nc2ccccc2N1c1ccc(-c2c3ccccc3c(-c3cccc(-c4ccc5ccccc5c4)c3)c3ccccc23)cc1. The van der Waals surface area contributed by atoms with Crippen LogP contribution in [0.2, 0.25) is 0 Å². The van der Waals surface area contributed by atoms with Crippen molar-refractivity contribution < 1.29 is 0 Å². The fraction of sp³-hybridized carbons (Fsp3) is 0.0667. The first-order chi connectivity index (χ1) is 23.3. The lowest BCUT2D eigenvalue weighted by Gasteiger charge is -2.26. The van der Waals surface area contributed by atoms with Gasteiger partial charge in [-0.05, 0) is 109 Å². The summed E-state index contributed by atoms with van der Waals surface area (Å²) in [5.74, 6) is 0. The van der Waals surface area contributed by atoms with E-state index in [1.807, 2.05) is 0 Å². The van der Waals surface area contributed by atoms with E-state index in [1.54, 1.807) is 0 Å². The molecule has 1 aliphatic rings. The Hall–Kier alpha value is -5.86. The number of nitrogens with zero attached hydrogens (tertiary/aromatic N) is 1. The highest BCUT2D eigenvalue weighted by Crippen LogP contribution is 2.46. The average molecular weight is 603 g/mol. The van der Waals surface area contributed by atoms with Crippen LogP contribution in [0.1, 0.15) is 13.3 Å². The first kappa shape index (κ1) is 27.5. The largest absolute Gasteiger partial charge is 0.363 e. The van der Waals surface area contributed by atoms with Crippen LogP contribution in [0.25, 0.3) is 65.7 Å². The Labute approximate surface area is 275 Å². The van der Waals surface area contributed by atoms with Crippen molar-refractivity contribution in [3.8, 4) is 33.4 Å². The van der Waals surface area contributed by atoms with Gasteiger partial charge in [-0.25, -0.2) is 0 Å². The molecule has 2 heteroatoms. The summed E-state index contributed by atoms with van der Waals surface area (Å²) in [5, 5.41) is 11.3. The number of anilines is 3. The van der Waals surface area contributed by atoms with E-state index in [0.29, 0.717) is 0 Å². The van der Waals surface area contributed by atoms with Gasteiger partial charge in [0.2, 0.25) is 0 Å². The van der Waals surface area contributed by atoms with Crippen LogP contribution in [-0.4, -0.2) is 6.17 Å². The van der Waals surface area contributed by atoms with Crippen molar-refractivity contribution in [3.63, 3.8) is 0 Å². The van der Waals surface area contributed by atoms with Gasteiger partial charge in [0.25, 0.3) is 0 Å². The molecule has 1 aliphatic heterocycles. The Morgan fingerprint density at radius 1 is 0.468 bits per heavy atom. The van der Waals surface area contributed by atoms with Crippen LogP contribution in [0.15, 0.2) is 164 Å². The number of hydrogen-bond acceptors (Lipinski definition) is 2. The standard InChI is InChI=1S/C45H34N2/c1-2-43-46-41-20-9-10-21-42(41)47(43)36-26-24-31(25-27-36)44-37-16-5-7-18-39(37)45(40-19-8-6-17-38(40)44)35-15-11-14-33(29-35)34-23-22-30-12-3-4-13-32(30)28-34/h3-29,43,46H,2H2,1H3. The number of hydrogen-bond donors (Lipinski definition) is 1. The highest BCUT2D eigenvalue weighted by Gasteiger charge is 2.28. The zero-order chi connectivity index (χ0) is 31.3. The Morgan fingerprint density at radius 2 is 1.02 bits per heavy atom. The van der Waals surface area contributed by atoms with Gasteiger partial charge in [-0.3, -0.25) is 0 Å². The van der Waals surface area contributed by atoms with Gasteiger partial charge in [0, 0.05) is 5.69 Å². The van der Waals surface area contributed by atoms with E-state index in [4.69, 9.17) is 0 Å². The van der Waals surface area contributed by atoms with Crippen LogP contribution in [0.5, 0.6) is 0 Å². The molecule has 47 heavy (non-hydrogen) atoms. The lowest BCUT2D eigenvalue weighted by molar-refractivity contribution is 0.728. The molecule has 2 nitrogen and oxygen atoms in total. The van der Waals surface area contributed by atoms with E-state index in [1.165, 1.54) is 82.8 Å². The minimum Gasteiger partial charge on any atom is -0.363 e. The quantitative estimate of drug-likeness (QED) is 0.197. The predicted octanol–water partition coefficient (Wildman–Crippen LogP) is 12.4. The van der Waals surface area contributed by atoms with E-state index in [-0.39, 0.29) is 6.17 Å². The average Bonchev–Trinajstić information content (AvgIpc) is 3.52. The summed E-state index contributed by atoms with van der Waals surface area (Å²) in [7, 11) is 0. The second-order valence-electron chi connectivity index (χ2n) is 12.5. The molecule has 1 heterocycles. The number of nitrogens with one attached hydrogen (secondary N) is 1. The van der Waals surface area contributed by atoms with Gasteiger partial charge in [0.15, 0.2) is 0 Å². The molecule has 0 fully saturated rings. The number of benzene rings is 8. The molecule has 8 aromatic rings. The van der Waals surface area contributed by atoms with E-state index >= 15 is 0 Å². The third-order valence-corrected chi connectivity index (χ3v) is 9.78. The van der Waals surface area contributed by atoms with Crippen LogP contribution >= 0.6 is 0 Å². The van der Waals surface area contributed by atoms with Crippen molar-refractivity contribution in [2.75, 3.05) is 10.2 Å². The van der Waals surface area contributed by atoms with Gasteiger partial charge in [-0.15, -0.1) is 0 Å². The maximum Gasteiger partial charge on any atom is 0.104 e. The predicted molar refractivity (Wildman–Crippen MR) is 202 cm³/mol. The monoisotopic (exact) mass is 602 g/mol. The summed E-state index contributed by atoms with van der Waals surface area (Å²) in [4.78, 5) is 2.43. The molecule has 1 N–H and O–H groups in total. The molecule has 8 aromatic carbocycles. The minimum atomic E-state index is 0.240. The van der Waals surface area contributed by atoms with Gasteiger partial charge in [0.05, 0.1) is 11.4 Å². The Morgan fingerprint density at radius 3 is 1.72 bits per heavy atom. The summed E-state index contributed by atoms with van der Waals surface area (Å²) in [5.41, 5.74) is 11.1. The summed E-state index contributed by atoms with van der Waals surface area (Å²) in [6, 6.07) is 60.0. The first-order valence-electron chi connectivity index (χ1n) is 16.5. The Kier molecular flexibility index (Phi) is 6.53. The first-order valence-corrected chi connectivity index (χ1v) is 16.5. The summed E-state index contributed by atoms with van der Waals surface area (Å²) < 4.78 is 0. The smallest absolute Gasteiger partial charge is 0.104 e. The van der Waals surface area contributed by atoms with Crippen molar-refractivity contribution in [1.82, 2.24) is 0 Å². The van der Waals surface area contributed by atoms with Gasteiger partial charge in [-0.2, -0.15) is 0 Å². The van der Waals surface area contributed by atoms with Crippen LogP contribution in [0.4, 0.5) is 17.1 Å². The second kappa shape index (κ2) is 11.2. The second-order valence-corrected chi connectivity index (χ2v) is 12.5. The fourth-order valence-corrected chi connectivity index (χ4v) is 7.58. The van der Waals surface area contributed by atoms with Crippen LogP contribution < -0.4 is 10.2 Å². The lowest BCUT2D eigenvalue weighted by Crippen LogP contribution is -2.30. The molecule has 0 radical (unpaired) electrons. The summed E-state index contributed by atoms with van der Waals surface area (Å²) in [6.07, 6.45) is 1.25. The fourth-order valence-electron chi connectivity index (χ4n) is 7.58. The van der Waals surface area contributed by atoms with Crippen molar-refractivity contribution >= 4 is 49.4 Å². The van der Waals surface area contributed by atoms with E-state index < -0.39 is 0 Å². The summed E-state index contributed by atoms with van der Waals surface area (Å²) in [6.45, 7) is 2.24. The van der Waals surface area contributed by atoms with E-state index in [2.05, 4.69) is 181 Å². The van der Waals surface area contributed by atoms with E-state index in [9.17, 15) is 0 Å². The zero-order valence-corrected chi connectivity index (χ0v) is 26.3. The van der Waals surface area contributed by atoms with Crippen molar-refractivity contribution in [3.05, 3.63) is 164 Å². The van der Waals surface area contributed by atoms with Crippen molar-refractivity contribution in [2.45, 2.75) is 19.5 Å². The summed E-state index contributed by atoms with van der Waals surface area (Å²) >= 11 is 0. The number of fused-ring (bicyclic) bond motifs is 4. The molecule has 0 aliphatic carbocycles. The van der Waals surface area contributed by atoms with Crippen LogP contribution in [0.3, 0.4) is 0 Å². The van der Waals surface area contributed by atoms with Gasteiger partial charge in [0.1, 0.15) is 6.17 Å². The minimum absolute atomic E-state index is 0.240. The molecule has 9 rings (SSSR count). The number of para-hydroxylation sites is 2. The molecule has 1 unspecified atom stereocenters. The molecule has 0 bridgehead atoms. The lowest BCUT2D eigenvalue weighted by atomic mass is 9.85. The molecule has 0 aromatic heterocycles. The van der Waals surface area contributed by atoms with Gasteiger partial charge >= 0.3 is 0 Å². The van der Waals surface area contributed by atoms with Crippen LogP contribution in [0, 0.1) is 0 Å². The molecular weight excluding hydrogens is 569 g/mol. The highest BCUT2D eigenvalue weighted by molar-refractivity contribution is 6.21. The molecule has 0 amide bonds. The van der Waals surface area contributed by atoms with E-state index in [0.717, 1.165) is 6.42 Å². The third-order valence-electron chi connectivity index (χ3n) is 9.78. The Bertz CT molecular complexity index is 2380. The molecule has 224 valence electrons. The molecule has 1 atom stereocenters. The molecule has 0 spiro atoms. The highest BCUT2D eigenvalue weighted by atomic mass is 15.3. The zero-order valence-electron chi connectivity index (χ0n) is 26.3. The normalized spacial score (nSPS) is 14.1.